The predicted octanol–water partition coefficient (Wildman–Crippen LogP) is 3.43. The van der Waals surface area contributed by atoms with Crippen molar-refractivity contribution in [1.29, 1.82) is 5.26 Å². The first-order valence-electron chi connectivity index (χ1n) is 6.57. The van der Waals surface area contributed by atoms with Crippen molar-refractivity contribution in [1.82, 2.24) is 4.98 Å². The third kappa shape index (κ3) is 4.11. The van der Waals surface area contributed by atoms with Gasteiger partial charge in [-0.15, -0.1) is 0 Å². The van der Waals surface area contributed by atoms with Crippen LogP contribution < -0.4 is 9.64 Å². The zero-order valence-corrected chi connectivity index (χ0v) is 12.8. The van der Waals surface area contributed by atoms with E-state index in [1.165, 1.54) is 5.56 Å². The van der Waals surface area contributed by atoms with Gasteiger partial charge in [0.1, 0.15) is 24.2 Å². The quantitative estimate of drug-likeness (QED) is 0.849. The van der Waals surface area contributed by atoms with Crippen LogP contribution in [0, 0.1) is 18.3 Å². The van der Waals surface area contributed by atoms with Gasteiger partial charge in [0.25, 0.3) is 0 Å². The lowest BCUT2D eigenvalue weighted by Crippen LogP contribution is -2.24. The fourth-order valence-corrected chi connectivity index (χ4v) is 1.92. The first kappa shape index (κ1) is 15.1. The van der Waals surface area contributed by atoms with Crippen LogP contribution in [-0.2, 0) is 0 Å². The molecule has 108 valence electrons. The Balaban J connectivity index is 1.91. The molecule has 0 aliphatic carbocycles. The summed E-state index contributed by atoms with van der Waals surface area (Å²) in [4.78, 5) is 6.13. The van der Waals surface area contributed by atoms with Gasteiger partial charge in [-0.25, -0.2) is 4.98 Å². The zero-order chi connectivity index (χ0) is 15.2. The maximum absolute atomic E-state index is 8.93. The number of hydrogen-bond acceptors (Lipinski definition) is 4. The molecule has 0 saturated heterocycles. The van der Waals surface area contributed by atoms with Gasteiger partial charge in [-0.1, -0.05) is 29.3 Å². The van der Waals surface area contributed by atoms with E-state index in [1.54, 1.807) is 12.1 Å². The number of aromatic nitrogens is 1. The van der Waals surface area contributed by atoms with Gasteiger partial charge >= 0.3 is 0 Å². The standard InChI is InChI=1S/C16H16ClN3O/c1-12-3-5-13(6-4-12)21-10-9-20(2)16-8-7-14(17)15(11-18)19-16/h3-8H,9-10H2,1-2H3. The Labute approximate surface area is 129 Å². The van der Waals surface area contributed by atoms with Gasteiger partial charge in [-0.3, -0.25) is 0 Å². The van der Waals surface area contributed by atoms with Crippen LogP contribution in [0.15, 0.2) is 36.4 Å². The summed E-state index contributed by atoms with van der Waals surface area (Å²) in [6, 6.07) is 13.4. The van der Waals surface area contributed by atoms with E-state index in [1.807, 2.05) is 49.2 Å². The molecule has 0 bridgehead atoms. The number of nitrogens with zero attached hydrogens (tertiary/aromatic N) is 3. The van der Waals surface area contributed by atoms with Gasteiger partial charge in [0.15, 0.2) is 5.69 Å². The average molecular weight is 302 g/mol. The molecule has 0 atom stereocenters. The van der Waals surface area contributed by atoms with Crippen molar-refractivity contribution >= 4 is 17.4 Å². The lowest BCUT2D eigenvalue weighted by atomic mass is 10.2. The van der Waals surface area contributed by atoms with E-state index in [0.717, 1.165) is 5.75 Å². The highest BCUT2D eigenvalue weighted by Crippen LogP contribution is 2.18. The number of halogens is 1. The molecule has 2 rings (SSSR count). The Hall–Kier alpha value is -2.25. The molecule has 0 unspecified atom stereocenters. The second kappa shape index (κ2) is 6.96. The molecule has 0 spiro atoms. The summed E-state index contributed by atoms with van der Waals surface area (Å²) in [5.41, 5.74) is 1.44. The smallest absolute Gasteiger partial charge is 0.161 e. The first-order valence-corrected chi connectivity index (χ1v) is 6.95. The largest absolute Gasteiger partial charge is 0.492 e. The van der Waals surface area contributed by atoms with Crippen LogP contribution in [0.2, 0.25) is 5.02 Å². The molecule has 5 heteroatoms. The zero-order valence-electron chi connectivity index (χ0n) is 12.0. The van der Waals surface area contributed by atoms with E-state index in [-0.39, 0.29) is 5.69 Å². The van der Waals surface area contributed by atoms with Gasteiger partial charge in [-0.05, 0) is 31.2 Å². The number of anilines is 1. The molecule has 21 heavy (non-hydrogen) atoms. The monoisotopic (exact) mass is 301 g/mol. The van der Waals surface area contributed by atoms with Crippen molar-refractivity contribution in [2.24, 2.45) is 0 Å². The van der Waals surface area contributed by atoms with E-state index in [2.05, 4.69) is 4.98 Å². The molecular formula is C16H16ClN3O. The first-order chi connectivity index (χ1) is 10.1. The second-order valence-corrected chi connectivity index (χ2v) is 5.10. The Morgan fingerprint density at radius 3 is 2.62 bits per heavy atom. The van der Waals surface area contributed by atoms with Crippen LogP contribution in [0.5, 0.6) is 5.75 Å². The minimum Gasteiger partial charge on any atom is -0.492 e. The van der Waals surface area contributed by atoms with E-state index in [0.29, 0.717) is 24.0 Å². The van der Waals surface area contributed by atoms with Crippen molar-refractivity contribution in [3.63, 3.8) is 0 Å². The summed E-state index contributed by atoms with van der Waals surface area (Å²) in [7, 11) is 1.90. The molecule has 0 fully saturated rings. The molecule has 0 radical (unpaired) electrons. The Kier molecular flexibility index (Phi) is 5.02. The van der Waals surface area contributed by atoms with Gasteiger partial charge in [0.2, 0.25) is 0 Å². The topological polar surface area (TPSA) is 49.1 Å². The number of rotatable bonds is 5. The van der Waals surface area contributed by atoms with Crippen molar-refractivity contribution < 1.29 is 4.74 Å². The summed E-state index contributed by atoms with van der Waals surface area (Å²) in [5.74, 6) is 1.54. The normalized spacial score (nSPS) is 10.0. The summed E-state index contributed by atoms with van der Waals surface area (Å²) < 4.78 is 5.67. The second-order valence-electron chi connectivity index (χ2n) is 4.69. The molecule has 1 heterocycles. The highest BCUT2D eigenvalue weighted by atomic mass is 35.5. The third-order valence-corrected chi connectivity index (χ3v) is 3.35. The number of hydrogen-bond donors (Lipinski definition) is 0. The van der Waals surface area contributed by atoms with Crippen LogP contribution in [-0.4, -0.2) is 25.2 Å². The number of pyridine rings is 1. The molecule has 0 saturated carbocycles. The summed E-state index contributed by atoms with van der Waals surface area (Å²) in [6.07, 6.45) is 0. The fraction of sp³-hybridized carbons (Fsp3) is 0.250. The third-order valence-electron chi connectivity index (χ3n) is 3.04. The minimum atomic E-state index is 0.237. The molecule has 0 aliphatic heterocycles. The van der Waals surface area contributed by atoms with Crippen molar-refractivity contribution in [3.8, 4) is 11.8 Å². The maximum atomic E-state index is 8.93. The lowest BCUT2D eigenvalue weighted by molar-refractivity contribution is 0.325. The number of benzene rings is 1. The number of aryl methyl sites for hydroxylation is 1. The Morgan fingerprint density at radius 2 is 1.95 bits per heavy atom. The van der Waals surface area contributed by atoms with E-state index < -0.39 is 0 Å². The minimum absolute atomic E-state index is 0.237. The number of likely N-dealkylation sites (N-methyl/N-ethyl adjacent to an activating group) is 1. The van der Waals surface area contributed by atoms with Crippen molar-refractivity contribution in [2.75, 3.05) is 25.1 Å². The van der Waals surface area contributed by atoms with Crippen LogP contribution >= 0.6 is 11.6 Å². The van der Waals surface area contributed by atoms with Gasteiger partial charge in [0.05, 0.1) is 11.6 Å². The Morgan fingerprint density at radius 1 is 1.24 bits per heavy atom. The molecular weight excluding hydrogens is 286 g/mol. The lowest BCUT2D eigenvalue weighted by Gasteiger charge is -2.18. The highest BCUT2D eigenvalue weighted by molar-refractivity contribution is 6.31. The van der Waals surface area contributed by atoms with Crippen LogP contribution in [0.4, 0.5) is 5.82 Å². The van der Waals surface area contributed by atoms with E-state index in [9.17, 15) is 0 Å². The van der Waals surface area contributed by atoms with Crippen LogP contribution in [0.25, 0.3) is 0 Å². The van der Waals surface area contributed by atoms with Gasteiger partial charge in [-0.2, -0.15) is 5.26 Å². The van der Waals surface area contributed by atoms with Gasteiger partial charge < -0.3 is 9.64 Å². The van der Waals surface area contributed by atoms with Crippen LogP contribution in [0.1, 0.15) is 11.3 Å². The van der Waals surface area contributed by atoms with Crippen molar-refractivity contribution in [2.45, 2.75) is 6.92 Å². The molecule has 0 amide bonds. The van der Waals surface area contributed by atoms with E-state index >= 15 is 0 Å². The summed E-state index contributed by atoms with van der Waals surface area (Å²) in [5, 5.41) is 9.30. The molecule has 0 N–H and O–H groups in total. The number of ether oxygens (including phenoxy) is 1. The van der Waals surface area contributed by atoms with Crippen LogP contribution in [0.3, 0.4) is 0 Å². The van der Waals surface area contributed by atoms with E-state index in [4.69, 9.17) is 21.6 Å². The molecule has 0 aliphatic rings. The summed E-state index contributed by atoms with van der Waals surface area (Å²) >= 11 is 5.87. The maximum Gasteiger partial charge on any atom is 0.161 e. The molecule has 1 aromatic carbocycles. The molecule has 2 aromatic rings. The fourth-order valence-electron chi connectivity index (χ4n) is 1.77. The predicted molar refractivity (Wildman–Crippen MR) is 83.9 cm³/mol. The summed E-state index contributed by atoms with van der Waals surface area (Å²) in [6.45, 7) is 3.23. The molecule has 4 nitrogen and oxygen atoms in total. The van der Waals surface area contributed by atoms with Gasteiger partial charge in [0, 0.05) is 7.05 Å². The van der Waals surface area contributed by atoms with Crippen molar-refractivity contribution in [3.05, 3.63) is 52.7 Å². The Bertz CT molecular complexity index is 650. The molecule has 1 aromatic heterocycles. The average Bonchev–Trinajstić information content (AvgIpc) is 2.49. The highest BCUT2D eigenvalue weighted by Gasteiger charge is 2.07. The SMILES string of the molecule is Cc1ccc(OCCN(C)c2ccc(Cl)c(C#N)n2)cc1. The number of nitriles is 1.